The maximum absolute atomic E-state index is 11.0. The van der Waals surface area contributed by atoms with Crippen molar-refractivity contribution >= 4 is 5.91 Å². The lowest BCUT2D eigenvalue weighted by molar-refractivity contribution is -0.119. The summed E-state index contributed by atoms with van der Waals surface area (Å²) in [5, 5.41) is 5.87. The maximum Gasteiger partial charge on any atom is 0.233 e. The van der Waals surface area contributed by atoms with Crippen LogP contribution < -0.4 is 10.6 Å². The minimum atomic E-state index is 0.0739. The molecule has 1 saturated carbocycles. The normalized spacial score (nSPS) is 20.2. The molecule has 2 N–H and O–H groups in total. The Hall–Kier alpha value is -0.570. The van der Waals surface area contributed by atoms with E-state index in [9.17, 15) is 4.79 Å². The van der Waals surface area contributed by atoms with Crippen molar-refractivity contribution in [1.82, 2.24) is 10.6 Å². The van der Waals surface area contributed by atoms with Gasteiger partial charge in [-0.1, -0.05) is 12.8 Å². The Morgan fingerprint density at radius 2 is 2.08 bits per heavy atom. The number of rotatable bonds is 4. The summed E-state index contributed by atoms with van der Waals surface area (Å²) < 4.78 is 0. The van der Waals surface area contributed by atoms with Crippen LogP contribution in [0.5, 0.6) is 0 Å². The van der Waals surface area contributed by atoms with E-state index >= 15 is 0 Å². The van der Waals surface area contributed by atoms with Crippen molar-refractivity contribution in [3.05, 3.63) is 0 Å². The van der Waals surface area contributed by atoms with Crippen molar-refractivity contribution in [1.29, 1.82) is 0 Å². The monoisotopic (exact) mass is 184 g/mol. The molecule has 0 aromatic rings. The Kier molecular flexibility index (Phi) is 4.22. The fourth-order valence-electron chi connectivity index (χ4n) is 1.97. The third-order valence-corrected chi connectivity index (χ3v) is 2.97. The van der Waals surface area contributed by atoms with Gasteiger partial charge in [0.15, 0.2) is 0 Å². The molecular weight excluding hydrogens is 164 g/mol. The first-order chi connectivity index (χ1) is 6.24. The van der Waals surface area contributed by atoms with Gasteiger partial charge in [-0.15, -0.1) is 0 Å². The molecule has 0 unspecified atom stereocenters. The summed E-state index contributed by atoms with van der Waals surface area (Å²) in [5.74, 6) is 0.856. The summed E-state index contributed by atoms with van der Waals surface area (Å²) in [5.41, 5.74) is 0. The summed E-state index contributed by atoms with van der Waals surface area (Å²) in [6.45, 7) is 2.63. The topological polar surface area (TPSA) is 41.1 Å². The molecule has 1 rings (SSSR count). The molecule has 0 aliphatic heterocycles. The molecule has 0 radical (unpaired) electrons. The molecule has 13 heavy (non-hydrogen) atoms. The fourth-order valence-corrected chi connectivity index (χ4v) is 1.97. The smallest absolute Gasteiger partial charge is 0.233 e. The lowest BCUT2D eigenvalue weighted by Gasteiger charge is -2.19. The van der Waals surface area contributed by atoms with Crippen LogP contribution in [0.3, 0.4) is 0 Å². The summed E-state index contributed by atoms with van der Waals surface area (Å²) in [7, 11) is 1.67. The van der Waals surface area contributed by atoms with Gasteiger partial charge in [0.25, 0.3) is 0 Å². The molecule has 1 atom stereocenters. The molecule has 3 nitrogen and oxygen atoms in total. The molecule has 1 aliphatic carbocycles. The number of nitrogens with one attached hydrogen (secondary N) is 2. The highest BCUT2D eigenvalue weighted by Crippen LogP contribution is 2.27. The predicted octanol–water partition coefficient (Wildman–Crippen LogP) is 0.901. The fraction of sp³-hybridized carbons (Fsp3) is 0.900. The lowest BCUT2D eigenvalue weighted by Crippen LogP contribution is -2.39. The van der Waals surface area contributed by atoms with Gasteiger partial charge in [0, 0.05) is 13.1 Å². The zero-order valence-electron chi connectivity index (χ0n) is 8.60. The maximum atomic E-state index is 11.0. The number of hydrogen-bond donors (Lipinski definition) is 2. The number of carbonyl (C=O) groups is 1. The van der Waals surface area contributed by atoms with Crippen molar-refractivity contribution in [3.8, 4) is 0 Å². The van der Waals surface area contributed by atoms with Crippen molar-refractivity contribution < 1.29 is 4.79 Å². The molecule has 0 bridgehead atoms. The zero-order valence-corrected chi connectivity index (χ0v) is 8.60. The van der Waals surface area contributed by atoms with E-state index in [-0.39, 0.29) is 5.91 Å². The minimum absolute atomic E-state index is 0.0739. The van der Waals surface area contributed by atoms with E-state index < -0.39 is 0 Å². The van der Waals surface area contributed by atoms with Gasteiger partial charge in [0.2, 0.25) is 5.91 Å². The lowest BCUT2D eigenvalue weighted by atomic mass is 10.00. The van der Waals surface area contributed by atoms with Crippen LogP contribution in [0.2, 0.25) is 0 Å². The van der Waals surface area contributed by atoms with Crippen LogP contribution in [0.4, 0.5) is 0 Å². The third kappa shape index (κ3) is 3.35. The summed E-state index contributed by atoms with van der Waals surface area (Å²) >= 11 is 0. The van der Waals surface area contributed by atoms with E-state index in [0.717, 1.165) is 5.92 Å². The van der Waals surface area contributed by atoms with Crippen molar-refractivity contribution in [3.63, 3.8) is 0 Å². The van der Waals surface area contributed by atoms with E-state index in [4.69, 9.17) is 0 Å². The first kappa shape index (κ1) is 10.5. The molecule has 0 aromatic heterocycles. The molecular formula is C10H20N2O. The van der Waals surface area contributed by atoms with Gasteiger partial charge >= 0.3 is 0 Å². The highest BCUT2D eigenvalue weighted by molar-refractivity contribution is 5.77. The van der Waals surface area contributed by atoms with Gasteiger partial charge in [0.05, 0.1) is 6.54 Å². The van der Waals surface area contributed by atoms with Crippen LogP contribution in [0.15, 0.2) is 0 Å². The Morgan fingerprint density at radius 1 is 1.46 bits per heavy atom. The van der Waals surface area contributed by atoms with Gasteiger partial charge in [-0.25, -0.2) is 0 Å². The van der Waals surface area contributed by atoms with Crippen LogP contribution in [0, 0.1) is 5.92 Å². The molecule has 1 aliphatic rings. The zero-order chi connectivity index (χ0) is 9.68. The minimum Gasteiger partial charge on any atom is -0.358 e. The molecule has 1 fully saturated rings. The van der Waals surface area contributed by atoms with Crippen molar-refractivity contribution in [2.24, 2.45) is 5.92 Å². The van der Waals surface area contributed by atoms with Crippen LogP contribution in [0.25, 0.3) is 0 Å². The number of carbonyl (C=O) groups excluding carboxylic acids is 1. The van der Waals surface area contributed by atoms with Crippen LogP contribution in [-0.4, -0.2) is 25.5 Å². The number of likely N-dealkylation sites (N-methyl/N-ethyl adjacent to an activating group) is 1. The van der Waals surface area contributed by atoms with Crippen LogP contribution in [-0.2, 0) is 4.79 Å². The third-order valence-electron chi connectivity index (χ3n) is 2.97. The van der Waals surface area contributed by atoms with E-state index in [1.165, 1.54) is 25.7 Å². The second-order valence-corrected chi connectivity index (χ2v) is 3.89. The second kappa shape index (κ2) is 5.22. The molecule has 3 heteroatoms. The van der Waals surface area contributed by atoms with Gasteiger partial charge in [-0.05, 0) is 25.7 Å². The predicted molar refractivity (Wildman–Crippen MR) is 53.5 cm³/mol. The number of amides is 1. The molecule has 76 valence electrons. The Bertz CT molecular complexity index is 164. The van der Waals surface area contributed by atoms with Gasteiger partial charge < -0.3 is 10.6 Å². The highest BCUT2D eigenvalue weighted by Gasteiger charge is 2.21. The van der Waals surface area contributed by atoms with E-state index in [0.29, 0.717) is 12.6 Å². The summed E-state index contributed by atoms with van der Waals surface area (Å²) in [4.78, 5) is 11.0. The van der Waals surface area contributed by atoms with Gasteiger partial charge in [-0.3, -0.25) is 4.79 Å². The standard InChI is InChI=1S/C10H20N2O/c1-8(9-5-3-4-6-9)12-7-10(13)11-2/h8-9,12H,3-7H2,1-2H3,(H,11,13)/t8-/m1/s1. The molecule has 0 spiro atoms. The van der Waals surface area contributed by atoms with Gasteiger partial charge in [0.1, 0.15) is 0 Å². The van der Waals surface area contributed by atoms with E-state index in [2.05, 4.69) is 17.6 Å². The highest BCUT2D eigenvalue weighted by atomic mass is 16.1. The summed E-state index contributed by atoms with van der Waals surface area (Å²) in [6, 6.07) is 0.486. The van der Waals surface area contributed by atoms with Crippen molar-refractivity contribution in [2.45, 2.75) is 38.6 Å². The largest absolute Gasteiger partial charge is 0.358 e. The van der Waals surface area contributed by atoms with Crippen LogP contribution >= 0.6 is 0 Å². The molecule has 0 aromatic carbocycles. The molecule has 0 heterocycles. The Labute approximate surface area is 80.3 Å². The Balaban J connectivity index is 2.16. The Morgan fingerprint density at radius 3 is 2.62 bits per heavy atom. The van der Waals surface area contributed by atoms with E-state index in [1.54, 1.807) is 7.05 Å². The first-order valence-electron chi connectivity index (χ1n) is 5.18. The molecule has 1 amide bonds. The van der Waals surface area contributed by atoms with Crippen LogP contribution in [0.1, 0.15) is 32.6 Å². The van der Waals surface area contributed by atoms with Gasteiger partial charge in [-0.2, -0.15) is 0 Å². The quantitative estimate of drug-likeness (QED) is 0.681. The SMILES string of the molecule is CNC(=O)CN[C@H](C)C1CCCC1. The second-order valence-electron chi connectivity index (χ2n) is 3.89. The average Bonchev–Trinajstić information content (AvgIpc) is 2.66. The molecule has 0 saturated heterocycles. The first-order valence-corrected chi connectivity index (χ1v) is 5.18. The number of hydrogen-bond acceptors (Lipinski definition) is 2. The summed E-state index contributed by atoms with van der Waals surface area (Å²) in [6.07, 6.45) is 5.36. The average molecular weight is 184 g/mol. The van der Waals surface area contributed by atoms with E-state index in [1.807, 2.05) is 0 Å². The van der Waals surface area contributed by atoms with Crippen molar-refractivity contribution in [2.75, 3.05) is 13.6 Å².